The van der Waals surface area contributed by atoms with Crippen molar-refractivity contribution in [3.63, 3.8) is 0 Å². The maximum absolute atomic E-state index is 12.9. The summed E-state index contributed by atoms with van der Waals surface area (Å²) in [5, 5.41) is -0.314. The molecular formula is C16H27NO4S. The molecule has 2 atom stereocenters. The Morgan fingerprint density at radius 1 is 1.27 bits per heavy atom. The Morgan fingerprint density at radius 3 is 2.27 bits per heavy atom. The molecule has 126 valence electrons. The Hall–Kier alpha value is -0.620. The lowest BCUT2D eigenvalue weighted by Gasteiger charge is -2.63. The molecule has 3 aliphatic rings. The Kier molecular flexibility index (Phi) is 3.64. The number of rotatable bonds is 5. The van der Waals surface area contributed by atoms with Crippen LogP contribution in [0.2, 0.25) is 0 Å². The summed E-state index contributed by atoms with van der Waals surface area (Å²) in [7, 11) is 0.0987. The smallest absolute Gasteiger partial charge is 0.243 e. The van der Waals surface area contributed by atoms with Crippen LogP contribution in [0.25, 0.3) is 0 Å². The van der Waals surface area contributed by atoms with Gasteiger partial charge in [0.15, 0.2) is 9.84 Å². The van der Waals surface area contributed by atoms with Crippen molar-refractivity contribution >= 4 is 15.7 Å². The Balaban J connectivity index is 1.78. The van der Waals surface area contributed by atoms with Crippen LogP contribution in [-0.4, -0.2) is 55.5 Å². The fourth-order valence-corrected chi connectivity index (χ4v) is 6.30. The van der Waals surface area contributed by atoms with Gasteiger partial charge in [0.05, 0.1) is 11.4 Å². The summed E-state index contributed by atoms with van der Waals surface area (Å²) in [5.74, 6) is -0.259. The van der Waals surface area contributed by atoms with Gasteiger partial charge >= 0.3 is 0 Å². The van der Waals surface area contributed by atoms with Crippen molar-refractivity contribution in [2.24, 2.45) is 5.41 Å². The molecule has 3 rings (SSSR count). The van der Waals surface area contributed by atoms with Crippen molar-refractivity contribution in [1.82, 2.24) is 4.90 Å². The zero-order chi connectivity index (χ0) is 16.3. The summed E-state index contributed by atoms with van der Waals surface area (Å²) >= 11 is 0. The van der Waals surface area contributed by atoms with Crippen molar-refractivity contribution in [3.05, 3.63) is 0 Å². The minimum atomic E-state index is -3.39. The number of amides is 1. The zero-order valence-corrected chi connectivity index (χ0v) is 14.8. The summed E-state index contributed by atoms with van der Waals surface area (Å²) in [5.41, 5.74) is 0.0680. The van der Waals surface area contributed by atoms with Crippen molar-refractivity contribution < 1.29 is 17.9 Å². The van der Waals surface area contributed by atoms with Crippen LogP contribution in [-0.2, 0) is 19.4 Å². The van der Waals surface area contributed by atoms with Crippen molar-refractivity contribution in [2.75, 3.05) is 14.2 Å². The molecule has 0 saturated heterocycles. The molecule has 0 aromatic carbocycles. The molecule has 3 aliphatic carbocycles. The molecule has 0 radical (unpaired) electrons. The Bertz CT molecular complexity index is 575. The first kappa shape index (κ1) is 16.2. The molecule has 3 saturated carbocycles. The molecule has 0 heterocycles. The predicted molar refractivity (Wildman–Crippen MR) is 84.3 cm³/mol. The van der Waals surface area contributed by atoms with Gasteiger partial charge in [0, 0.05) is 25.6 Å². The fraction of sp³-hybridized carbons (Fsp3) is 0.938. The van der Waals surface area contributed by atoms with E-state index in [4.69, 9.17) is 4.74 Å². The van der Waals surface area contributed by atoms with E-state index in [0.717, 1.165) is 19.3 Å². The van der Waals surface area contributed by atoms with Crippen LogP contribution in [0, 0.1) is 5.41 Å². The molecule has 0 bridgehead atoms. The molecule has 5 nitrogen and oxygen atoms in total. The van der Waals surface area contributed by atoms with E-state index < -0.39 is 14.6 Å². The topological polar surface area (TPSA) is 63.7 Å². The van der Waals surface area contributed by atoms with Gasteiger partial charge in [-0.3, -0.25) is 4.79 Å². The first-order valence-electron chi connectivity index (χ1n) is 8.22. The number of hydrogen-bond acceptors (Lipinski definition) is 4. The second-order valence-corrected chi connectivity index (χ2v) is 10.5. The molecule has 0 aliphatic heterocycles. The Labute approximate surface area is 133 Å². The van der Waals surface area contributed by atoms with E-state index in [2.05, 4.69) is 0 Å². The van der Waals surface area contributed by atoms with Gasteiger partial charge in [-0.05, 0) is 46.0 Å². The lowest BCUT2D eigenvalue weighted by Crippen LogP contribution is -2.69. The van der Waals surface area contributed by atoms with Crippen LogP contribution < -0.4 is 0 Å². The average Bonchev–Trinajstić information content (AvgIpc) is 3.19. The van der Waals surface area contributed by atoms with Crippen LogP contribution in [0.3, 0.4) is 0 Å². The normalized spacial score (nSPS) is 30.5. The predicted octanol–water partition coefficient (Wildman–Crippen LogP) is 1.76. The van der Waals surface area contributed by atoms with E-state index in [-0.39, 0.29) is 28.7 Å². The molecular weight excluding hydrogens is 302 g/mol. The zero-order valence-electron chi connectivity index (χ0n) is 14.0. The number of carbonyl (C=O) groups excluding carboxylic acids is 1. The van der Waals surface area contributed by atoms with E-state index in [1.165, 1.54) is 6.42 Å². The number of hydrogen-bond donors (Lipinski definition) is 0. The van der Waals surface area contributed by atoms with E-state index >= 15 is 0 Å². The van der Waals surface area contributed by atoms with Crippen LogP contribution in [0.4, 0.5) is 0 Å². The summed E-state index contributed by atoms with van der Waals surface area (Å²) in [6.07, 6.45) is 5.74. The summed E-state index contributed by atoms with van der Waals surface area (Å²) in [6.45, 7) is 3.14. The molecule has 6 heteroatoms. The SMILES string of the molecule is COC1CC(N(C)C(=O)C(C)(C)S(=O)(=O)C2CC2)C12CCC2. The van der Waals surface area contributed by atoms with E-state index in [9.17, 15) is 13.2 Å². The van der Waals surface area contributed by atoms with Crippen LogP contribution in [0.15, 0.2) is 0 Å². The number of sulfone groups is 1. The number of carbonyl (C=O) groups is 1. The highest BCUT2D eigenvalue weighted by atomic mass is 32.2. The summed E-state index contributed by atoms with van der Waals surface area (Å²) in [4.78, 5) is 14.6. The van der Waals surface area contributed by atoms with Gasteiger partial charge in [0.25, 0.3) is 0 Å². The van der Waals surface area contributed by atoms with E-state index in [1.807, 2.05) is 0 Å². The molecule has 2 unspecified atom stereocenters. The third-order valence-electron chi connectivity index (χ3n) is 6.29. The molecule has 0 aromatic heterocycles. The maximum atomic E-state index is 12.9. The molecule has 1 amide bonds. The third kappa shape index (κ3) is 1.99. The third-order valence-corrected chi connectivity index (χ3v) is 9.23. The molecule has 1 spiro atoms. The lowest BCUT2D eigenvalue weighted by atomic mass is 9.50. The first-order chi connectivity index (χ1) is 10.2. The highest BCUT2D eigenvalue weighted by Gasteiger charge is 2.62. The highest BCUT2D eigenvalue weighted by Crippen LogP contribution is 2.59. The monoisotopic (exact) mass is 329 g/mol. The standard InChI is InChI=1S/C16H27NO4S/c1-15(2,22(19,20)11-6-7-11)14(18)17(3)12-10-13(21-4)16(12)8-5-9-16/h11-13H,5-10H2,1-4H3. The second-order valence-electron chi connectivity index (χ2n) is 7.73. The van der Waals surface area contributed by atoms with Crippen LogP contribution in [0.1, 0.15) is 52.4 Å². The van der Waals surface area contributed by atoms with Gasteiger partial charge in [-0.25, -0.2) is 8.42 Å². The van der Waals surface area contributed by atoms with Gasteiger partial charge in [-0.1, -0.05) is 6.42 Å². The van der Waals surface area contributed by atoms with Gasteiger partial charge in [0.2, 0.25) is 5.91 Å². The van der Waals surface area contributed by atoms with E-state index in [1.54, 1.807) is 32.9 Å². The maximum Gasteiger partial charge on any atom is 0.243 e. The molecule has 22 heavy (non-hydrogen) atoms. The second kappa shape index (κ2) is 4.94. The summed E-state index contributed by atoms with van der Waals surface area (Å²) < 4.78 is 29.4. The largest absolute Gasteiger partial charge is 0.381 e. The summed E-state index contributed by atoms with van der Waals surface area (Å²) in [6, 6.07) is 0.118. The van der Waals surface area contributed by atoms with Crippen molar-refractivity contribution in [2.45, 2.75) is 74.5 Å². The first-order valence-corrected chi connectivity index (χ1v) is 9.76. The van der Waals surface area contributed by atoms with Crippen LogP contribution in [0.5, 0.6) is 0 Å². The quantitative estimate of drug-likeness (QED) is 0.771. The van der Waals surface area contributed by atoms with Crippen LogP contribution >= 0.6 is 0 Å². The molecule has 0 N–H and O–H groups in total. The number of ether oxygens (including phenoxy) is 1. The molecule has 0 aromatic rings. The van der Waals surface area contributed by atoms with Gasteiger partial charge in [-0.2, -0.15) is 0 Å². The lowest BCUT2D eigenvalue weighted by molar-refractivity contribution is -0.195. The number of methoxy groups -OCH3 is 1. The van der Waals surface area contributed by atoms with Crippen molar-refractivity contribution in [1.29, 1.82) is 0 Å². The van der Waals surface area contributed by atoms with Crippen molar-refractivity contribution in [3.8, 4) is 0 Å². The molecule has 3 fully saturated rings. The van der Waals surface area contributed by atoms with E-state index in [0.29, 0.717) is 12.8 Å². The Morgan fingerprint density at radius 2 is 1.86 bits per heavy atom. The average molecular weight is 329 g/mol. The minimum Gasteiger partial charge on any atom is -0.381 e. The van der Waals surface area contributed by atoms with Gasteiger partial charge in [0.1, 0.15) is 4.75 Å². The van der Waals surface area contributed by atoms with Gasteiger partial charge in [-0.15, -0.1) is 0 Å². The fourth-order valence-electron chi connectivity index (χ4n) is 4.32. The highest BCUT2D eigenvalue weighted by molar-refractivity contribution is 7.94. The number of nitrogens with zero attached hydrogens (tertiary/aromatic N) is 1. The van der Waals surface area contributed by atoms with Gasteiger partial charge < -0.3 is 9.64 Å². The minimum absolute atomic E-state index is 0.0680.